The van der Waals surface area contributed by atoms with Gasteiger partial charge in [-0.15, -0.1) is 0 Å². The lowest BCUT2D eigenvalue weighted by Crippen LogP contribution is -2.18. The van der Waals surface area contributed by atoms with Gasteiger partial charge in [-0.3, -0.25) is 0 Å². The third kappa shape index (κ3) is 6.39. The molecule has 2 nitrogen and oxygen atoms in total. The second kappa shape index (κ2) is 9.47. The van der Waals surface area contributed by atoms with Crippen LogP contribution in [0.4, 0.5) is 0 Å². The van der Waals surface area contributed by atoms with E-state index < -0.39 is 0 Å². The van der Waals surface area contributed by atoms with Crippen LogP contribution in [0.2, 0.25) is 0 Å². The van der Waals surface area contributed by atoms with Crippen LogP contribution in [0.1, 0.15) is 52.4 Å². The van der Waals surface area contributed by atoms with Crippen LogP contribution in [0.3, 0.4) is 0 Å². The van der Waals surface area contributed by atoms with Crippen molar-refractivity contribution >= 4 is 0 Å². The molecule has 1 atom stereocenters. The van der Waals surface area contributed by atoms with E-state index in [-0.39, 0.29) is 6.29 Å². The highest BCUT2D eigenvalue weighted by Crippen LogP contribution is 2.21. The van der Waals surface area contributed by atoms with E-state index in [4.69, 9.17) is 9.47 Å². The summed E-state index contributed by atoms with van der Waals surface area (Å²) in [5.41, 5.74) is 0. The maximum atomic E-state index is 5.23. The van der Waals surface area contributed by atoms with Gasteiger partial charge < -0.3 is 9.47 Å². The molecule has 0 fully saturated rings. The van der Waals surface area contributed by atoms with Gasteiger partial charge in [0.05, 0.1) is 0 Å². The Hall–Kier alpha value is -0.0800. The van der Waals surface area contributed by atoms with Crippen LogP contribution in [0.15, 0.2) is 0 Å². The lowest BCUT2D eigenvalue weighted by Gasteiger charge is -2.21. The van der Waals surface area contributed by atoms with Crippen molar-refractivity contribution in [1.29, 1.82) is 0 Å². The molecule has 14 heavy (non-hydrogen) atoms. The van der Waals surface area contributed by atoms with Crippen molar-refractivity contribution in [1.82, 2.24) is 0 Å². The summed E-state index contributed by atoms with van der Waals surface area (Å²) in [5.74, 6) is 0.768. The first-order valence-electron chi connectivity index (χ1n) is 5.84. The fraction of sp³-hybridized carbons (Fsp3) is 1.00. The molecule has 0 N–H and O–H groups in total. The van der Waals surface area contributed by atoms with Gasteiger partial charge >= 0.3 is 0 Å². The molecule has 0 spiro atoms. The number of methoxy groups -OCH3 is 2. The molecule has 0 saturated carbocycles. The Labute approximate surface area is 89.0 Å². The first kappa shape index (κ1) is 13.9. The SMILES string of the molecule is CCCCC(CCC)CC(OC)OC. The predicted octanol–water partition coefficient (Wildman–Crippen LogP) is 3.60. The minimum absolute atomic E-state index is 0.0107. The van der Waals surface area contributed by atoms with E-state index in [1.165, 1.54) is 32.1 Å². The smallest absolute Gasteiger partial charge is 0.157 e. The summed E-state index contributed by atoms with van der Waals surface area (Å²) in [7, 11) is 3.44. The van der Waals surface area contributed by atoms with Crippen molar-refractivity contribution < 1.29 is 9.47 Å². The van der Waals surface area contributed by atoms with Gasteiger partial charge in [0.1, 0.15) is 0 Å². The Morgan fingerprint density at radius 3 is 2.00 bits per heavy atom. The van der Waals surface area contributed by atoms with Crippen LogP contribution in [0.25, 0.3) is 0 Å². The van der Waals surface area contributed by atoms with Crippen molar-refractivity contribution in [3.8, 4) is 0 Å². The minimum atomic E-state index is -0.0107. The van der Waals surface area contributed by atoms with Crippen LogP contribution >= 0.6 is 0 Å². The van der Waals surface area contributed by atoms with E-state index in [1.54, 1.807) is 14.2 Å². The van der Waals surface area contributed by atoms with Crippen LogP contribution in [-0.4, -0.2) is 20.5 Å². The van der Waals surface area contributed by atoms with E-state index in [9.17, 15) is 0 Å². The molecule has 0 aliphatic carbocycles. The zero-order valence-electron chi connectivity index (χ0n) is 10.2. The van der Waals surface area contributed by atoms with Crippen LogP contribution in [0, 0.1) is 5.92 Å². The van der Waals surface area contributed by atoms with Crippen LogP contribution < -0.4 is 0 Å². The lowest BCUT2D eigenvalue weighted by atomic mass is 9.93. The fourth-order valence-corrected chi connectivity index (χ4v) is 1.84. The topological polar surface area (TPSA) is 18.5 Å². The number of hydrogen-bond acceptors (Lipinski definition) is 2. The zero-order chi connectivity index (χ0) is 10.8. The maximum Gasteiger partial charge on any atom is 0.157 e. The van der Waals surface area contributed by atoms with Gasteiger partial charge in [0.2, 0.25) is 0 Å². The van der Waals surface area contributed by atoms with Gasteiger partial charge in [0, 0.05) is 20.6 Å². The van der Waals surface area contributed by atoms with E-state index in [1.807, 2.05) is 0 Å². The summed E-state index contributed by atoms with van der Waals surface area (Å²) in [5, 5.41) is 0. The molecule has 0 amide bonds. The molecule has 0 radical (unpaired) electrons. The standard InChI is InChI=1S/C12H26O2/c1-5-7-9-11(8-6-2)10-12(13-3)14-4/h11-12H,5-10H2,1-4H3. The normalized spacial score (nSPS) is 13.5. The van der Waals surface area contributed by atoms with Crippen LogP contribution in [0.5, 0.6) is 0 Å². The molecule has 0 saturated heterocycles. The average molecular weight is 202 g/mol. The summed E-state index contributed by atoms with van der Waals surface area (Å²) < 4.78 is 10.5. The van der Waals surface area contributed by atoms with E-state index in [0.29, 0.717) is 0 Å². The Balaban J connectivity index is 3.80. The number of rotatable bonds is 9. The van der Waals surface area contributed by atoms with Crippen molar-refractivity contribution in [3.05, 3.63) is 0 Å². The molecule has 0 aromatic carbocycles. The summed E-state index contributed by atoms with van der Waals surface area (Å²) in [4.78, 5) is 0. The highest BCUT2D eigenvalue weighted by Gasteiger charge is 2.14. The monoisotopic (exact) mass is 202 g/mol. The van der Waals surface area contributed by atoms with Gasteiger partial charge in [0.25, 0.3) is 0 Å². The highest BCUT2D eigenvalue weighted by molar-refractivity contribution is 4.61. The molecular formula is C12H26O2. The number of ether oxygens (including phenoxy) is 2. The van der Waals surface area contributed by atoms with E-state index >= 15 is 0 Å². The third-order valence-corrected chi connectivity index (χ3v) is 2.71. The number of hydrogen-bond donors (Lipinski definition) is 0. The molecule has 0 aromatic heterocycles. The quantitative estimate of drug-likeness (QED) is 0.532. The first-order chi connectivity index (χ1) is 6.78. The van der Waals surface area contributed by atoms with E-state index in [2.05, 4.69) is 13.8 Å². The van der Waals surface area contributed by atoms with Gasteiger partial charge in [-0.25, -0.2) is 0 Å². The molecule has 1 unspecified atom stereocenters. The first-order valence-corrected chi connectivity index (χ1v) is 5.84. The van der Waals surface area contributed by atoms with Crippen LogP contribution in [-0.2, 0) is 9.47 Å². The molecule has 0 heterocycles. The second-order valence-electron chi connectivity index (χ2n) is 3.93. The molecule has 0 aromatic rings. The molecular weight excluding hydrogens is 176 g/mol. The third-order valence-electron chi connectivity index (χ3n) is 2.71. The molecule has 86 valence electrons. The second-order valence-corrected chi connectivity index (χ2v) is 3.93. The molecule has 0 aliphatic heterocycles. The van der Waals surface area contributed by atoms with Gasteiger partial charge in [-0.1, -0.05) is 46.0 Å². The molecule has 0 rings (SSSR count). The number of unbranched alkanes of at least 4 members (excludes halogenated alkanes) is 1. The summed E-state index contributed by atoms with van der Waals surface area (Å²) in [6.07, 6.45) is 7.50. The molecule has 2 heteroatoms. The van der Waals surface area contributed by atoms with Crippen molar-refractivity contribution in [3.63, 3.8) is 0 Å². The van der Waals surface area contributed by atoms with Gasteiger partial charge in [-0.05, 0) is 5.92 Å². The molecule has 0 aliphatic rings. The Morgan fingerprint density at radius 1 is 0.929 bits per heavy atom. The summed E-state index contributed by atoms with van der Waals surface area (Å²) in [6.45, 7) is 4.49. The largest absolute Gasteiger partial charge is 0.356 e. The Kier molecular flexibility index (Phi) is 9.42. The molecule has 0 bridgehead atoms. The minimum Gasteiger partial charge on any atom is -0.356 e. The highest BCUT2D eigenvalue weighted by atomic mass is 16.7. The van der Waals surface area contributed by atoms with E-state index in [0.717, 1.165) is 12.3 Å². The van der Waals surface area contributed by atoms with Crippen molar-refractivity contribution in [2.75, 3.05) is 14.2 Å². The van der Waals surface area contributed by atoms with Crippen molar-refractivity contribution in [2.24, 2.45) is 5.92 Å². The fourth-order valence-electron chi connectivity index (χ4n) is 1.84. The maximum absolute atomic E-state index is 5.23. The Bertz CT molecular complexity index is 111. The zero-order valence-corrected chi connectivity index (χ0v) is 10.2. The lowest BCUT2D eigenvalue weighted by molar-refractivity contribution is -0.115. The predicted molar refractivity (Wildman–Crippen MR) is 60.3 cm³/mol. The summed E-state index contributed by atoms with van der Waals surface area (Å²) >= 11 is 0. The average Bonchev–Trinajstić information content (AvgIpc) is 2.22. The van der Waals surface area contributed by atoms with Crippen molar-refractivity contribution in [2.45, 2.75) is 58.7 Å². The van der Waals surface area contributed by atoms with Gasteiger partial charge in [0.15, 0.2) is 6.29 Å². The Morgan fingerprint density at radius 2 is 1.57 bits per heavy atom. The van der Waals surface area contributed by atoms with Gasteiger partial charge in [-0.2, -0.15) is 0 Å². The summed E-state index contributed by atoms with van der Waals surface area (Å²) in [6, 6.07) is 0.